The van der Waals surface area contributed by atoms with Crippen molar-refractivity contribution in [3.63, 3.8) is 0 Å². The molecular weight excluding hydrogens is 346 g/mol. The van der Waals surface area contributed by atoms with E-state index in [-0.39, 0.29) is 11.7 Å². The summed E-state index contributed by atoms with van der Waals surface area (Å²) in [6, 6.07) is 10.8. The largest absolute Gasteiger partial charge is 0.508 e. The number of methoxy groups -OCH3 is 1. The highest BCUT2D eigenvalue weighted by Crippen LogP contribution is 2.28. The van der Waals surface area contributed by atoms with Crippen LogP contribution < -0.4 is 10.1 Å². The molecule has 116 valence electrons. The molecule has 0 unspecified atom stereocenters. The molecule has 22 heavy (non-hydrogen) atoms. The van der Waals surface area contributed by atoms with E-state index in [0.717, 1.165) is 17.5 Å². The van der Waals surface area contributed by atoms with Crippen LogP contribution in [0.2, 0.25) is 0 Å². The second-order valence-electron chi connectivity index (χ2n) is 4.89. The van der Waals surface area contributed by atoms with Gasteiger partial charge in [-0.15, -0.1) is 0 Å². The van der Waals surface area contributed by atoms with Gasteiger partial charge in [-0.1, -0.05) is 12.1 Å². The van der Waals surface area contributed by atoms with E-state index in [4.69, 9.17) is 4.74 Å². The van der Waals surface area contributed by atoms with Gasteiger partial charge in [-0.3, -0.25) is 4.79 Å². The summed E-state index contributed by atoms with van der Waals surface area (Å²) in [6.45, 7) is 0. The van der Waals surface area contributed by atoms with E-state index >= 15 is 0 Å². The van der Waals surface area contributed by atoms with Crippen LogP contribution in [0.3, 0.4) is 0 Å². The Kier molecular flexibility index (Phi) is 5.44. The van der Waals surface area contributed by atoms with Crippen molar-refractivity contribution in [1.82, 2.24) is 5.32 Å². The second kappa shape index (κ2) is 7.31. The van der Waals surface area contributed by atoms with Crippen LogP contribution in [0.1, 0.15) is 21.5 Å². The van der Waals surface area contributed by atoms with Gasteiger partial charge in [0.1, 0.15) is 11.5 Å². The van der Waals surface area contributed by atoms with Gasteiger partial charge in [0.2, 0.25) is 0 Å². The molecule has 4 nitrogen and oxygen atoms in total. The van der Waals surface area contributed by atoms with Gasteiger partial charge < -0.3 is 15.2 Å². The Morgan fingerprint density at radius 3 is 2.68 bits per heavy atom. The summed E-state index contributed by atoms with van der Waals surface area (Å²) in [4.78, 5) is 12.1. The molecule has 0 saturated heterocycles. The molecule has 0 spiro atoms. The standard InChI is InChI=1S/C17H18BrNO3/c1-19-17(21)16-12(9-14(22-2)10-15(16)18)7-6-11-4-3-5-13(20)8-11/h3-5,8-10,20H,6-7H2,1-2H3,(H,19,21). The summed E-state index contributed by atoms with van der Waals surface area (Å²) in [6.07, 6.45) is 1.39. The number of benzene rings is 2. The molecule has 0 aliphatic rings. The summed E-state index contributed by atoms with van der Waals surface area (Å²) in [5.41, 5.74) is 2.53. The van der Waals surface area contributed by atoms with Crippen molar-refractivity contribution in [3.8, 4) is 11.5 Å². The first kappa shape index (κ1) is 16.4. The first-order valence-electron chi connectivity index (χ1n) is 6.91. The maximum Gasteiger partial charge on any atom is 0.252 e. The predicted octanol–water partition coefficient (Wildman–Crippen LogP) is 3.31. The molecule has 0 heterocycles. The first-order valence-corrected chi connectivity index (χ1v) is 7.71. The molecule has 2 rings (SSSR count). The number of nitrogens with one attached hydrogen (secondary N) is 1. The van der Waals surface area contributed by atoms with Crippen LogP contribution in [0.5, 0.6) is 11.5 Å². The number of hydrogen-bond donors (Lipinski definition) is 2. The Bertz CT molecular complexity index is 686. The molecule has 2 aromatic rings. The topological polar surface area (TPSA) is 58.6 Å². The molecule has 2 aromatic carbocycles. The van der Waals surface area contributed by atoms with Gasteiger partial charge in [0, 0.05) is 11.5 Å². The van der Waals surface area contributed by atoms with Crippen LogP contribution in [0.15, 0.2) is 40.9 Å². The van der Waals surface area contributed by atoms with E-state index in [1.807, 2.05) is 18.2 Å². The van der Waals surface area contributed by atoms with Crippen LogP contribution in [0.25, 0.3) is 0 Å². The summed E-state index contributed by atoms with van der Waals surface area (Å²) in [5.74, 6) is 0.807. The van der Waals surface area contributed by atoms with Crippen LogP contribution in [0.4, 0.5) is 0 Å². The number of rotatable bonds is 5. The molecule has 2 N–H and O–H groups in total. The highest BCUT2D eigenvalue weighted by atomic mass is 79.9. The van der Waals surface area contributed by atoms with Crippen molar-refractivity contribution >= 4 is 21.8 Å². The van der Waals surface area contributed by atoms with Crippen LogP contribution in [0, 0.1) is 0 Å². The number of amides is 1. The minimum Gasteiger partial charge on any atom is -0.508 e. The Balaban J connectivity index is 2.31. The smallest absolute Gasteiger partial charge is 0.252 e. The zero-order valence-electron chi connectivity index (χ0n) is 12.5. The van der Waals surface area contributed by atoms with Gasteiger partial charge in [0.25, 0.3) is 5.91 Å². The molecule has 0 aliphatic carbocycles. The van der Waals surface area contributed by atoms with Crippen molar-refractivity contribution in [3.05, 3.63) is 57.6 Å². The average molecular weight is 364 g/mol. The SMILES string of the molecule is CNC(=O)c1c(Br)cc(OC)cc1CCc1cccc(O)c1. The highest BCUT2D eigenvalue weighted by molar-refractivity contribution is 9.10. The Labute approximate surface area is 138 Å². The Morgan fingerprint density at radius 1 is 1.27 bits per heavy atom. The zero-order valence-corrected chi connectivity index (χ0v) is 14.1. The zero-order chi connectivity index (χ0) is 16.1. The molecule has 5 heteroatoms. The number of ether oxygens (including phenoxy) is 1. The lowest BCUT2D eigenvalue weighted by Crippen LogP contribution is -2.20. The summed E-state index contributed by atoms with van der Waals surface area (Å²) in [5, 5.41) is 12.2. The third-order valence-electron chi connectivity index (χ3n) is 3.43. The lowest BCUT2D eigenvalue weighted by Gasteiger charge is -2.13. The Hall–Kier alpha value is -2.01. The van der Waals surface area contributed by atoms with Crippen LogP contribution in [-0.2, 0) is 12.8 Å². The third-order valence-corrected chi connectivity index (χ3v) is 4.05. The van der Waals surface area contributed by atoms with E-state index in [2.05, 4.69) is 21.2 Å². The molecule has 0 bridgehead atoms. The normalized spacial score (nSPS) is 10.3. The van der Waals surface area contributed by atoms with Gasteiger partial charge in [-0.05, 0) is 64.2 Å². The van der Waals surface area contributed by atoms with Gasteiger partial charge in [-0.25, -0.2) is 0 Å². The van der Waals surface area contributed by atoms with E-state index in [1.165, 1.54) is 0 Å². The van der Waals surface area contributed by atoms with Crippen molar-refractivity contribution < 1.29 is 14.6 Å². The molecular formula is C17H18BrNO3. The fourth-order valence-electron chi connectivity index (χ4n) is 2.32. The molecule has 0 radical (unpaired) electrons. The highest BCUT2D eigenvalue weighted by Gasteiger charge is 2.16. The number of aryl methyl sites for hydroxylation is 2. The van der Waals surface area contributed by atoms with E-state index in [9.17, 15) is 9.90 Å². The van der Waals surface area contributed by atoms with Gasteiger partial charge in [0.15, 0.2) is 0 Å². The molecule has 0 aromatic heterocycles. The second-order valence-corrected chi connectivity index (χ2v) is 5.75. The number of halogens is 1. The fourth-order valence-corrected chi connectivity index (χ4v) is 2.98. The lowest BCUT2D eigenvalue weighted by molar-refractivity contribution is 0.0961. The van der Waals surface area contributed by atoms with Crippen LogP contribution in [-0.4, -0.2) is 25.2 Å². The Morgan fingerprint density at radius 2 is 2.05 bits per heavy atom. The minimum absolute atomic E-state index is 0.138. The molecule has 0 aliphatic heterocycles. The molecule has 0 atom stereocenters. The van der Waals surface area contributed by atoms with Crippen molar-refractivity contribution in [2.45, 2.75) is 12.8 Å². The van der Waals surface area contributed by atoms with Crippen molar-refractivity contribution in [2.24, 2.45) is 0 Å². The maximum atomic E-state index is 12.1. The van der Waals surface area contributed by atoms with Crippen molar-refractivity contribution in [1.29, 1.82) is 0 Å². The lowest BCUT2D eigenvalue weighted by atomic mass is 9.98. The number of carbonyl (C=O) groups excluding carboxylic acids is 1. The van der Waals surface area contributed by atoms with E-state index in [0.29, 0.717) is 22.2 Å². The number of hydrogen-bond acceptors (Lipinski definition) is 3. The van der Waals surface area contributed by atoms with E-state index < -0.39 is 0 Å². The number of phenolic OH excluding ortho intramolecular Hbond substituents is 1. The minimum atomic E-state index is -0.138. The first-order chi connectivity index (χ1) is 10.5. The van der Waals surface area contributed by atoms with Crippen LogP contribution >= 0.6 is 15.9 Å². The molecule has 0 fully saturated rings. The van der Waals surface area contributed by atoms with Gasteiger partial charge >= 0.3 is 0 Å². The van der Waals surface area contributed by atoms with Gasteiger partial charge in [-0.2, -0.15) is 0 Å². The van der Waals surface area contributed by atoms with Crippen molar-refractivity contribution in [2.75, 3.05) is 14.2 Å². The molecule has 1 amide bonds. The quantitative estimate of drug-likeness (QED) is 0.856. The number of aromatic hydroxyl groups is 1. The number of carbonyl (C=O) groups is 1. The summed E-state index contributed by atoms with van der Waals surface area (Å²) >= 11 is 3.44. The van der Waals surface area contributed by atoms with Gasteiger partial charge in [0.05, 0.1) is 12.7 Å². The average Bonchev–Trinajstić information content (AvgIpc) is 2.51. The monoisotopic (exact) mass is 363 g/mol. The summed E-state index contributed by atoms with van der Waals surface area (Å²) < 4.78 is 5.98. The number of phenols is 1. The molecule has 0 saturated carbocycles. The predicted molar refractivity (Wildman–Crippen MR) is 89.6 cm³/mol. The third kappa shape index (κ3) is 3.80. The fraction of sp³-hybridized carbons (Fsp3) is 0.235. The summed E-state index contributed by atoms with van der Waals surface area (Å²) in [7, 11) is 3.21. The van der Waals surface area contributed by atoms with E-state index in [1.54, 1.807) is 32.4 Å². The maximum absolute atomic E-state index is 12.1.